The predicted molar refractivity (Wildman–Crippen MR) is 143 cm³/mol. The molecular weight excluding hydrogens is 535 g/mol. The monoisotopic (exact) mass is 562 g/mol. The number of esters is 1. The third kappa shape index (κ3) is 7.27. The topological polar surface area (TPSA) is 102 Å². The lowest BCUT2D eigenvalue weighted by molar-refractivity contribution is -0.143. The summed E-state index contributed by atoms with van der Waals surface area (Å²) in [6, 6.07) is 11.7. The highest BCUT2D eigenvalue weighted by Crippen LogP contribution is 2.24. The average Bonchev–Trinajstić information content (AvgIpc) is 3.50. The first-order valence-electron chi connectivity index (χ1n) is 12.1. The zero-order chi connectivity index (χ0) is 27.1. The van der Waals surface area contributed by atoms with E-state index in [2.05, 4.69) is 10.8 Å². The quantitative estimate of drug-likeness (QED) is 0.271. The van der Waals surface area contributed by atoms with Crippen LogP contribution in [0.1, 0.15) is 24.6 Å². The summed E-state index contributed by atoms with van der Waals surface area (Å²) in [6.07, 6.45) is 2.05. The van der Waals surface area contributed by atoms with E-state index in [0.29, 0.717) is 36.1 Å². The van der Waals surface area contributed by atoms with Gasteiger partial charge in [-0.05, 0) is 43.7 Å². The standard InChI is InChI=1S/C26H28ClFN4O5S/c1-2-36-25(34)10-12-31-15-17(30-37-16-19-7-9-23(27)38-19)13-22(31)26(35)29-21-8-6-18(14-20(21)28)32-11-4-3-5-24(32)33/h3-9,11,14,17,22,30H,2,10,12-13,15-16H2,1H3,(H,29,35)/t17-,22-/m0/s1. The Balaban J connectivity index is 1.41. The maximum Gasteiger partial charge on any atom is 0.307 e. The highest BCUT2D eigenvalue weighted by molar-refractivity contribution is 7.16. The minimum absolute atomic E-state index is 0.00435. The minimum atomic E-state index is -0.671. The van der Waals surface area contributed by atoms with E-state index < -0.39 is 17.8 Å². The van der Waals surface area contributed by atoms with E-state index in [-0.39, 0.29) is 36.3 Å². The molecule has 3 heterocycles. The van der Waals surface area contributed by atoms with Crippen molar-refractivity contribution in [2.75, 3.05) is 25.0 Å². The van der Waals surface area contributed by atoms with Gasteiger partial charge in [-0.25, -0.2) is 4.39 Å². The number of nitrogens with one attached hydrogen (secondary N) is 2. The molecule has 1 aromatic carbocycles. The molecule has 0 spiro atoms. The molecule has 0 bridgehead atoms. The van der Waals surface area contributed by atoms with Crippen molar-refractivity contribution >= 4 is 40.5 Å². The first kappa shape index (κ1) is 27.9. The molecule has 1 saturated heterocycles. The number of amides is 1. The van der Waals surface area contributed by atoms with Crippen molar-refractivity contribution in [1.29, 1.82) is 0 Å². The van der Waals surface area contributed by atoms with E-state index in [1.807, 2.05) is 11.0 Å². The largest absolute Gasteiger partial charge is 0.466 e. The van der Waals surface area contributed by atoms with E-state index >= 15 is 0 Å². The number of hydrogen-bond acceptors (Lipinski definition) is 8. The Morgan fingerprint density at radius 3 is 2.76 bits per heavy atom. The van der Waals surface area contributed by atoms with Crippen LogP contribution in [0.5, 0.6) is 0 Å². The van der Waals surface area contributed by atoms with Gasteiger partial charge < -0.3 is 10.1 Å². The highest BCUT2D eigenvalue weighted by Gasteiger charge is 2.37. The summed E-state index contributed by atoms with van der Waals surface area (Å²) in [4.78, 5) is 45.6. The molecule has 2 atom stereocenters. The van der Waals surface area contributed by atoms with Gasteiger partial charge in [0, 0.05) is 42.3 Å². The molecular formula is C26H28ClFN4O5S. The number of pyridine rings is 1. The summed E-state index contributed by atoms with van der Waals surface area (Å²) in [5.41, 5.74) is 3.04. The van der Waals surface area contributed by atoms with Crippen LogP contribution in [0.15, 0.2) is 59.5 Å². The van der Waals surface area contributed by atoms with E-state index in [9.17, 15) is 18.8 Å². The lowest BCUT2D eigenvalue weighted by atomic mass is 10.1. The summed E-state index contributed by atoms with van der Waals surface area (Å²) < 4.78 is 21.9. The lowest BCUT2D eigenvalue weighted by Gasteiger charge is -2.23. The number of halogens is 2. The van der Waals surface area contributed by atoms with Gasteiger partial charge in [0.05, 0.1) is 34.8 Å². The van der Waals surface area contributed by atoms with Crippen molar-refractivity contribution in [3.05, 3.63) is 80.1 Å². The van der Waals surface area contributed by atoms with Crippen LogP contribution in [0, 0.1) is 5.82 Å². The maximum absolute atomic E-state index is 14.9. The van der Waals surface area contributed by atoms with Gasteiger partial charge in [0.15, 0.2) is 0 Å². The van der Waals surface area contributed by atoms with Gasteiger partial charge >= 0.3 is 5.97 Å². The molecule has 1 amide bonds. The van der Waals surface area contributed by atoms with Gasteiger partial charge in [-0.2, -0.15) is 5.48 Å². The van der Waals surface area contributed by atoms with E-state index in [1.165, 1.54) is 40.3 Å². The number of carbonyl (C=O) groups excluding carboxylic acids is 2. The van der Waals surface area contributed by atoms with Crippen LogP contribution in [0.25, 0.3) is 5.69 Å². The number of nitrogens with zero attached hydrogens (tertiary/aromatic N) is 2. The van der Waals surface area contributed by atoms with E-state index in [4.69, 9.17) is 21.2 Å². The number of aromatic nitrogens is 1. The molecule has 2 N–H and O–H groups in total. The van der Waals surface area contributed by atoms with Gasteiger partial charge in [-0.1, -0.05) is 17.7 Å². The molecule has 1 aliphatic rings. The fraction of sp³-hybridized carbons (Fsp3) is 0.346. The second-order valence-corrected chi connectivity index (χ2v) is 10.5. The molecule has 1 aliphatic heterocycles. The van der Waals surface area contributed by atoms with Gasteiger partial charge in [0.25, 0.3) is 5.56 Å². The van der Waals surface area contributed by atoms with Crippen molar-refractivity contribution in [3.8, 4) is 5.69 Å². The summed E-state index contributed by atoms with van der Waals surface area (Å²) in [7, 11) is 0. The zero-order valence-electron chi connectivity index (χ0n) is 20.7. The van der Waals surface area contributed by atoms with Crippen LogP contribution in [-0.4, -0.2) is 53.1 Å². The molecule has 0 radical (unpaired) electrons. The summed E-state index contributed by atoms with van der Waals surface area (Å²) >= 11 is 7.37. The Bertz CT molecular complexity index is 1330. The van der Waals surface area contributed by atoms with Crippen LogP contribution in [0.3, 0.4) is 0 Å². The van der Waals surface area contributed by atoms with Crippen LogP contribution < -0.4 is 16.4 Å². The Labute approximate surface area is 228 Å². The highest BCUT2D eigenvalue weighted by atomic mass is 35.5. The molecule has 0 aliphatic carbocycles. The predicted octanol–water partition coefficient (Wildman–Crippen LogP) is 3.75. The van der Waals surface area contributed by atoms with Crippen molar-refractivity contribution in [2.45, 2.75) is 38.5 Å². The van der Waals surface area contributed by atoms with Crippen molar-refractivity contribution in [2.24, 2.45) is 0 Å². The number of anilines is 1. The Morgan fingerprint density at radius 2 is 2.05 bits per heavy atom. The minimum Gasteiger partial charge on any atom is -0.466 e. The molecule has 4 rings (SSSR count). The molecule has 9 nitrogen and oxygen atoms in total. The molecule has 12 heteroatoms. The van der Waals surface area contributed by atoms with E-state index in [1.54, 1.807) is 31.2 Å². The number of carbonyl (C=O) groups is 2. The molecule has 3 aromatic rings. The smallest absolute Gasteiger partial charge is 0.307 e. The van der Waals surface area contributed by atoms with Crippen LogP contribution >= 0.6 is 22.9 Å². The average molecular weight is 563 g/mol. The van der Waals surface area contributed by atoms with Crippen molar-refractivity contribution in [1.82, 2.24) is 14.9 Å². The van der Waals surface area contributed by atoms with Gasteiger partial charge in [-0.15, -0.1) is 11.3 Å². The molecule has 1 fully saturated rings. The number of benzene rings is 1. The maximum atomic E-state index is 14.9. The molecule has 2 aromatic heterocycles. The van der Waals surface area contributed by atoms with Crippen LogP contribution in [-0.2, 0) is 25.8 Å². The zero-order valence-corrected chi connectivity index (χ0v) is 22.3. The second kappa shape index (κ2) is 13.1. The van der Waals surface area contributed by atoms with Crippen molar-refractivity contribution in [3.63, 3.8) is 0 Å². The molecule has 0 saturated carbocycles. The van der Waals surface area contributed by atoms with Gasteiger partial charge in [-0.3, -0.25) is 28.7 Å². The SMILES string of the molecule is CCOC(=O)CCN1C[C@@H](NOCc2ccc(Cl)s2)C[C@H]1C(=O)Nc1ccc(-n2ccccc2=O)cc1F. The van der Waals surface area contributed by atoms with Crippen molar-refractivity contribution < 1.29 is 23.6 Å². The Hall–Kier alpha value is -3.09. The third-order valence-electron chi connectivity index (χ3n) is 6.02. The first-order valence-corrected chi connectivity index (χ1v) is 13.3. The third-order valence-corrected chi connectivity index (χ3v) is 7.22. The molecule has 202 valence electrons. The number of thiophene rings is 1. The lowest BCUT2D eigenvalue weighted by Crippen LogP contribution is -2.41. The van der Waals surface area contributed by atoms with Crippen LogP contribution in [0.4, 0.5) is 10.1 Å². The van der Waals surface area contributed by atoms with Crippen LogP contribution in [0.2, 0.25) is 4.34 Å². The normalized spacial score (nSPS) is 17.4. The summed E-state index contributed by atoms with van der Waals surface area (Å²) in [6.45, 7) is 3.07. The van der Waals surface area contributed by atoms with E-state index in [0.717, 1.165) is 4.88 Å². The number of hydrogen-bond donors (Lipinski definition) is 2. The second-order valence-electron chi connectivity index (χ2n) is 8.67. The Morgan fingerprint density at radius 1 is 1.21 bits per heavy atom. The number of hydroxylamine groups is 1. The number of ether oxygens (including phenoxy) is 1. The summed E-state index contributed by atoms with van der Waals surface area (Å²) in [5, 5.41) is 2.65. The number of rotatable bonds is 11. The fourth-order valence-corrected chi connectivity index (χ4v) is 5.25. The summed E-state index contributed by atoms with van der Waals surface area (Å²) in [5.74, 6) is -1.44. The molecule has 0 unspecified atom stereocenters. The number of likely N-dealkylation sites (tertiary alicyclic amines) is 1. The Kier molecular flexibility index (Phi) is 9.64. The molecule has 38 heavy (non-hydrogen) atoms. The van der Waals surface area contributed by atoms with Gasteiger partial charge in [0.1, 0.15) is 12.4 Å². The van der Waals surface area contributed by atoms with Gasteiger partial charge in [0.2, 0.25) is 5.91 Å². The fourth-order valence-electron chi connectivity index (χ4n) is 4.25. The first-order chi connectivity index (χ1) is 18.3.